The van der Waals surface area contributed by atoms with Gasteiger partial charge in [-0.2, -0.15) is 0 Å². The Morgan fingerprint density at radius 2 is 1.89 bits per heavy atom. The molecule has 156 valence electrons. The van der Waals surface area contributed by atoms with Gasteiger partial charge in [-0.05, 0) is 48.8 Å². The van der Waals surface area contributed by atoms with Crippen LogP contribution >= 0.6 is 0 Å². The number of esters is 1. The maximum absolute atomic E-state index is 13.5. The lowest BCUT2D eigenvalue weighted by Gasteiger charge is -2.53. The quantitative estimate of drug-likeness (QED) is 0.751. The second kappa shape index (κ2) is 7.34. The minimum Gasteiger partial charge on any atom is -0.497 e. The fraction of sp³-hybridized carbons (Fsp3) is 0.667. The molecule has 0 heterocycles. The van der Waals surface area contributed by atoms with Crippen LogP contribution in [0.25, 0.3) is 0 Å². The molecule has 0 aromatic heterocycles. The molecule has 0 spiro atoms. The lowest BCUT2D eigenvalue weighted by Crippen LogP contribution is -2.59. The van der Waals surface area contributed by atoms with Gasteiger partial charge in [-0.25, -0.2) is 8.42 Å². The van der Waals surface area contributed by atoms with Crippen molar-refractivity contribution in [2.75, 3.05) is 7.11 Å². The van der Waals surface area contributed by atoms with Gasteiger partial charge in [-0.3, -0.25) is 4.79 Å². The first-order valence-corrected chi connectivity index (χ1v) is 11.4. The monoisotopic (exact) mass is 410 g/mol. The predicted octanol–water partition coefficient (Wildman–Crippen LogP) is 2.87. The van der Waals surface area contributed by atoms with E-state index in [0.29, 0.717) is 37.0 Å². The summed E-state index contributed by atoms with van der Waals surface area (Å²) in [6, 6.07) is 7.00. The van der Waals surface area contributed by atoms with E-state index in [1.54, 1.807) is 31.4 Å². The van der Waals surface area contributed by atoms with E-state index in [0.717, 1.165) is 0 Å². The molecule has 0 amide bonds. The van der Waals surface area contributed by atoms with Gasteiger partial charge in [0.15, 0.2) is 9.84 Å². The van der Waals surface area contributed by atoms with Crippen molar-refractivity contribution in [3.05, 3.63) is 29.8 Å². The lowest BCUT2D eigenvalue weighted by atomic mass is 9.58. The summed E-state index contributed by atoms with van der Waals surface area (Å²) >= 11 is 0. The normalized spacial score (nSPS) is 35.2. The van der Waals surface area contributed by atoms with Crippen molar-refractivity contribution in [2.45, 2.75) is 69.7 Å². The lowest BCUT2D eigenvalue weighted by molar-refractivity contribution is -0.157. The highest BCUT2D eigenvalue weighted by Gasteiger charge is 2.65. The van der Waals surface area contributed by atoms with Gasteiger partial charge in [-0.1, -0.05) is 26.0 Å². The summed E-state index contributed by atoms with van der Waals surface area (Å²) in [4.78, 5) is 11.6. The van der Waals surface area contributed by atoms with E-state index in [9.17, 15) is 18.3 Å². The van der Waals surface area contributed by atoms with E-state index in [2.05, 4.69) is 0 Å². The van der Waals surface area contributed by atoms with Crippen molar-refractivity contribution < 1.29 is 27.8 Å². The van der Waals surface area contributed by atoms with Crippen LogP contribution in [-0.4, -0.2) is 44.1 Å². The van der Waals surface area contributed by atoms with Crippen LogP contribution in [0.3, 0.4) is 0 Å². The summed E-state index contributed by atoms with van der Waals surface area (Å²) in [6.45, 7) is 5.33. The molecule has 2 fully saturated rings. The average Bonchev–Trinajstić information content (AvgIpc) is 2.85. The first-order valence-electron chi connectivity index (χ1n) is 9.73. The second-order valence-electron chi connectivity index (χ2n) is 8.66. The number of ether oxygens (including phenoxy) is 2. The standard InChI is InChI=1S/C21H30O6S/c1-14(22)27-18-9-11-21(3)19(17(23)8-10-20(18,21)2)28(24,25)13-15-6-5-7-16(12-15)26-4/h5-7,12,17-19,23H,8-11,13H2,1-4H3/t17-,18-,19+,20-,21+/m1/s1. The zero-order valence-corrected chi connectivity index (χ0v) is 17.8. The van der Waals surface area contributed by atoms with Crippen LogP contribution in [0.2, 0.25) is 0 Å². The Labute approximate surface area is 167 Å². The SMILES string of the molecule is COc1cccc(CS(=O)(=O)[C@H]2[C@H](O)CC[C@]3(C)[C@H](OC(C)=O)CC[C@@]23C)c1. The number of carbonyl (C=O) groups is 1. The number of aliphatic hydroxyl groups is 1. The third kappa shape index (κ3) is 3.43. The minimum atomic E-state index is -3.66. The molecule has 5 atom stereocenters. The summed E-state index contributed by atoms with van der Waals surface area (Å²) in [5.41, 5.74) is -0.510. The molecule has 0 aliphatic heterocycles. The second-order valence-corrected chi connectivity index (χ2v) is 10.8. The molecule has 6 nitrogen and oxygen atoms in total. The van der Waals surface area contributed by atoms with E-state index in [-0.39, 0.29) is 17.8 Å². The molecular formula is C21H30O6S. The fourth-order valence-corrected chi connectivity index (χ4v) is 8.07. The maximum atomic E-state index is 13.5. The van der Waals surface area contributed by atoms with E-state index >= 15 is 0 Å². The number of benzene rings is 1. The Bertz CT molecular complexity index is 850. The molecule has 7 heteroatoms. The van der Waals surface area contributed by atoms with Gasteiger partial charge in [0.25, 0.3) is 0 Å². The molecule has 1 aromatic carbocycles. The number of methoxy groups -OCH3 is 1. The molecule has 0 bridgehead atoms. The molecule has 3 rings (SSSR count). The Balaban J connectivity index is 1.95. The van der Waals surface area contributed by atoms with Crippen molar-refractivity contribution in [1.29, 1.82) is 0 Å². The first kappa shape index (κ1) is 21.1. The van der Waals surface area contributed by atoms with Crippen molar-refractivity contribution in [1.82, 2.24) is 0 Å². The topological polar surface area (TPSA) is 89.9 Å². The minimum absolute atomic E-state index is 0.157. The Hall–Kier alpha value is -1.60. The van der Waals surface area contributed by atoms with Gasteiger partial charge in [0, 0.05) is 12.3 Å². The van der Waals surface area contributed by atoms with Crippen LogP contribution in [0.5, 0.6) is 5.75 Å². The van der Waals surface area contributed by atoms with Gasteiger partial charge < -0.3 is 14.6 Å². The van der Waals surface area contributed by atoms with E-state index in [1.807, 2.05) is 13.8 Å². The van der Waals surface area contributed by atoms with E-state index < -0.39 is 32.0 Å². The predicted molar refractivity (Wildman–Crippen MR) is 106 cm³/mol. The molecule has 28 heavy (non-hydrogen) atoms. The number of aliphatic hydroxyl groups excluding tert-OH is 1. The molecular weight excluding hydrogens is 380 g/mol. The molecule has 1 N–H and O–H groups in total. The van der Waals surface area contributed by atoms with Gasteiger partial charge in [-0.15, -0.1) is 0 Å². The molecule has 2 aliphatic carbocycles. The smallest absolute Gasteiger partial charge is 0.302 e. The zero-order chi connectivity index (χ0) is 20.7. The van der Waals surface area contributed by atoms with Gasteiger partial charge >= 0.3 is 5.97 Å². The van der Waals surface area contributed by atoms with Crippen LogP contribution < -0.4 is 4.74 Å². The largest absolute Gasteiger partial charge is 0.497 e. The Morgan fingerprint density at radius 1 is 1.21 bits per heavy atom. The number of hydrogen-bond donors (Lipinski definition) is 1. The Kier molecular flexibility index (Phi) is 5.53. The highest BCUT2D eigenvalue weighted by atomic mass is 32.2. The summed E-state index contributed by atoms with van der Waals surface area (Å²) in [6.07, 6.45) is 0.978. The number of fused-ring (bicyclic) bond motifs is 1. The number of carbonyl (C=O) groups excluding carboxylic acids is 1. The van der Waals surface area contributed by atoms with Gasteiger partial charge in [0.1, 0.15) is 11.9 Å². The van der Waals surface area contributed by atoms with E-state index in [1.165, 1.54) is 6.92 Å². The Morgan fingerprint density at radius 3 is 2.54 bits per heavy atom. The fourth-order valence-electron chi connectivity index (χ4n) is 5.45. The summed E-state index contributed by atoms with van der Waals surface area (Å²) in [7, 11) is -2.12. The van der Waals surface area contributed by atoms with Crippen LogP contribution in [0.4, 0.5) is 0 Å². The number of hydrogen-bond acceptors (Lipinski definition) is 6. The van der Waals surface area contributed by atoms with Gasteiger partial charge in [0.05, 0.1) is 24.2 Å². The first-order chi connectivity index (χ1) is 13.0. The van der Waals surface area contributed by atoms with Crippen molar-refractivity contribution in [2.24, 2.45) is 10.8 Å². The molecule has 0 radical (unpaired) electrons. The summed E-state index contributed by atoms with van der Waals surface area (Å²) in [5, 5.41) is 9.87. The zero-order valence-electron chi connectivity index (χ0n) is 17.0. The van der Waals surface area contributed by atoms with Crippen LogP contribution in [0.15, 0.2) is 24.3 Å². The molecule has 2 saturated carbocycles. The van der Waals surface area contributed by atoms with Crippen molar-refractivity contribution >= 4 is 15.8 Å². The van der Waals surface area contributed by atoms with Crippen LogP contribution in [0.1, 0.15) is 52.0 Å². The molecule has 0 saturated heterocycles. The summed E-state index contributed by atoms with van der Waals surface area (Å²) < 4.78 is 37.7. The van der Waals surface area contributed by atoms with Crippen LogP contribution in [-0.2, 0) is 25.1 Å². The molecule has 0 unspecified atom stereocenters. The number of rotatable bonds is 5. The molecule has 2 aliphatic rings. The highest BCUT2D eigenvalue weighted by molar-refractivity contribution is 7.91. The van der Waals surface area contributed by atoms with E-state index in [4.69, 9.17) is 9.47 Å². The average molecular weight is 411 g/mol. The highest BCUT2D eigenvalue weighted by Crippen LogP contribution is 2.63. The van der Waals surface area contributed by atoms with Crippen molar-refractivity contribution in [3.63, 3.8) is 0 Å². The third-order valence-corrected chi connectivity index (χ3v) is 9.42. The van der Waals surface area contributed by atoms with Gasteiger partial charge in [0.2, 0.25) is 0 Å². The molecule has 1 aromatic rings. The third-order valence-electron chi connectivity index (χ3n) is 7.08. The summed E-state index contributed by atoms with van der Waals surface area (Å²) in [5.74, 6) is 0.0941. The van der Waals surface area contributed by atoms with Crippen molar-refractivity contribution in [3.8, 4) is 5.75 Å². The number of sulfone groups is 1. The van der Waals surface area contributed by atoms with Crippen LogP contribution in [0, 0.1) is 10.8 Å². The maximum Gasteiger partial charge on any atom is 0.302 e.